The third-order valence-corrected chi connectivity index (χ3v) is 3.32. The summed E-state index contributed by atoms with van der Waals surface area (Å²) in [5, 5.41) is 3.47. The van der Waals surface area contributed by atoms with Gasteiger partial charge in [-0.05, 0) is 38.8 Å². The van der Waals surface area contributed by atoms with E-state index < -0.39 is 0 Å². The van der Waals surface area contributed by atoms with Gasteiger partial charge in [0.05, 0.1) is 27.7 Å². The highest BCUT2D eigenvalue weighted by atomic mass is 28.1. The first kappa shape index (κ1) is 17.1. The molecule has 2 nitrogen and oxygen atoms in total. The van der Waals surface area contributed by atoms with E-state index in [0.717, 1.165) is 17.1 Å². The molecule has 0 heterocycles. The molecule has 0 unspecified atom stereocenters. The summed E-state index contributed by atoms with van der Waals surface area (Å²) >= 11 is 0. The van der Waals surface area contributed by atoms with Crippen molar-refractivity contribution in [3.63, 3.8) is 0 Å². The number of quaternary nitrogens is 1. The van der Waals surface area contributed by atoms with Gasteiger partial charge in [-0.15, -0.1) is 0 Å². The molecule has 0 amide bonds. The molecule has 0 rings (SSSR count). The number of nitrogens with zero attached hydrogens (tertiary/aromatic N) is 1. The first-order chi connectivity index (χ1) is 8.06. The van der Waals surface area contributed by atoms with Crippen molar-refractivity contribution in [1.82, 2.24) is 5.32 Å². The summed E-state index contributed by atoms with van der Waals surface area (Å²) < 4.78 is 1.11. The third kappa shape index (κ3) is 16.1. The van der Waals surface area contributed by atoms with Crippen LogP contribution in [0.4, 0.5) is 0 Å². The molecule has 0 bridgehead atoms. The Morgan fingerprint density at radius 1 is 0.765 bits per heavy atom. The quantitative estimate of drug-likeness (QED) is 0.321. The number of unbranched alkanes of at least 4 members (excludes halogenated alkanes) is 5. The molecular formula is C14H32N2Si+. The van der Waals surface area contributed by atoms with Gasteiger partial charge in [0.1, 0.15) is 0 Å². The molecule has 0 fully saturated rings. The van der Waals surface area contributed by atoms with Crippen LogP contribution in [0.2, 0.25) is 6.04 Å². The van der Waals surface area contributed by atoms with Crippen molar-refractivity contribution in [2.75, 3.05) is 40.8 Å². The molecule has 3 radical (unpaired) electrons. The van der Waals surface area contributed by atoms with Gasteiger partial charge in [0.15, 0.2) is 0 Å². The molecule has 0 aliphatic rings. The van der Waals surface area contributed by atoms with Crippen LogP contribution in [0.5, 0.6) is 0 Å². The van der Waals surface area contributed by atoms with Crippen LogP contribution in [0.1, 0.15) is 44.9 Å². The molecule has 0 aromatic heterocycles. The predicted molar refractivity (Wildman–Crippen MR) is 78.6 cm³/mol. The van der Waals surface area contributed by atoms with Crippen LogP contribution in [0.25, 0.3) is 0 Å². The fourth-order valence-corrected chi connectivity index (χ4v) is 2.06. The molecule has 3 heteroatoms. The molecule has 0 aliphatic heterocycles. The number of rotatable bonds is 12. The number of hydrogen-bond donors (Lipinski definition) is 1. The molecule has 0 aliphatic carbocycles. The van der Waals surface area contributed by atoms with Crippen molar-refractivity contribution in [3.8, 4) is 0 Å². The van der Waals surface area contributed by atoms with Crippen molar-refractivity contribution in [1.29, 1.82) is 0 Å². The van der Waals surface area contributed by atoms with Crippen molar-refractivity contribution >= 4 is 10.2 Å². The maximum Gasteiger partial charge on any atom is 0.0780 e. The van der Waals surface area contributed by atoms with Gasteiger partial charge in [-0.25, -0.2) is 0 Å². The molecule has 0 saturated carbocycles. The van der Waals surface area contributed by atoms with Crippen LogP contribution in [0, 0.1) is 0 Å². The summed E-state index contributed by atoms with van der Waals surface area (Å²) in [6, 6.07) is 1.11. The van der Waals surface area contributed by atoms with Crippen LogP contribution in [-0.2, 0) is 0 Å². The highest BCUT2D eigenvalue weighted by Gasteiger charge is 2.04. The van der Waals surface area contributed by atoms with Gasteiger partial charge in [-0.2, -0.15) is 0 Å². The monoisotopic (exact) mass is 256 g/mol. The van der Waals surface area contributed by atoms with E-state index in [1.54, 1.807) is 0 Å². The van der Waals surface area contributed by atoms with Crippen LogP contribution in [0.15, 0.2) is 0 Å². The first-order valence-electron chi connectivity index (χ1n) is 7.22. The molecule has 0 aromatic carbocycles. The SMILES string of the molecule is C[N+](C)(C)CCCCCCCCNCCC[Si]. The largest absolute Gasteiger partial charge is 0.331 e. The van der Waals surface area contributed by atoms with Crippen LogP contribution < -0.4 is 5.32 Å². The summed E-state index contributed by atoms with van der Waals surface area (Å²) in [5.74, 6) is 0. The van der Waals surface area contributed by atoms with E-state index in [9.17, 15) is 0 Å². The van der Waals surface area contributed by atoms with Crippen molar-refractivity contribution in [3.05, 3.63) is 0 Å². The minimum atomic E-state index is 1.11. The average molecular weight is 257 g/mol. The second-order valence-corrected chi connectivity index (χ2v) is 6.49. The summed E-state index contributed by atoms with van der Waals surface area (Å²) in [6.07, 6.45) is 9.60. The maximum absolute atomic E-state index is 3.48. The Kier molecular flexibility index (Phi) is 11.3. The van der Waals surface area contributed by atoms with Gasteiger partial charge >= 0.3 is 0 Å². The highest BCUT2D eigenvalue weighted by molar-refractivity contribution is 6.08. The van der Waals surface area contributed by atoms with Gasteiger partial charge in [0.2, 0.25) is 0 Å². The smallest absolute Gasteiger partial charge is 0.0780 e. The molecule has 0 atom stereocenters. The van der Waals surface area contributed by atoms with Gasteiger partial charge in [-0.1, -0.05) is 25.3 Å². The average Bonchev–Trinajstić information content (AvgIpc) is 2.24. The molecule has 1 N–H and O–H groups in total. The minimum absolute atomic E-state index is 1.11. The lowest BCUT2D eigenvalue weighted by Crippen LogP contribution is -2.35. The van der Waals surface area contributed by atoms with Gasteiger partial charge < -0.3 is 9.80 Å². The van der Waals surface area contributed by atoms with E-state index in [-0.39, 0.29) is 0 Å². The molecule has 17 heavy (non-hydrogen) atoms. The zero-order valence-electron chi connectivity index (χ0n) is 12.2. The lowest BCUT2D eigenvalue weighted by Gasteiger charge is -2.23. The third-order valence-electron chi connectivity index (χ3n) is 2.96. The summed E-state index contributed by atoms with van der Waals surface area (Å²) in [4.78, 5) is 0. The molecule has 0 saturated heterocycles. The van der Waals surface area contributed by atoms with E-state index in [2.05, 4.69) is 36.7 Å². The van der Waals surface area contributed by atoms with Gasteiger partial charge in [0, 0.05) is 10.2 Å². The minimum Gasteiger partial charge on any atom is -0.331 e. The summed E-state index contributed by atoms with van der Waals surface area (Å²) in [7, 11) is 10.3. The zero-order chi connectivity index (χ0) is 13.0. The van der Waals surface area contributed by atoms with Crippen molar-refractivity contribution in [2.45, 2.75) is 51.0 Å². The Bertz CT molecular complexity index is 155. The van der Waals surface area contributed by atoms with E-state index in [4.69, 9.17) is 0 Å². The topological polar surface area (TPSA) is 12.0 Å². The van der Waals surface area contributed by atoms with E-state index in [1.165, 1.54) is 58.0 Å². The van der Waals surface area contributed by atoms with Crippen molar-refractivity contribution < 1.29 is 4.48 Å². The number of nitrogens with one attached hydrogen (secondary N) is 1. The lowest BCUT2D eigenvalue weighted by atomic mass is 10.1. The Morgan fingerprint density at radius 3 is 1.88 bits per heavy atom. The van der Waals surface area contributed by atoms with E-state index >= 15 is 0 Å². The Balaban J connectivity index is 2.99. The molecule has 0 spiro atoms. The Hall–Kier alpha value is 0.137. The second kappa shape index (κ2) is 11.2. The first-order valence-corrected chi connectivity index (χ1v) is 7.93. The van der Waals surface area contributed by atoms with Crippen LogP contribution in [0.3, 0.4) is 0 Å². The van der Waals surface area contributed by atoms with Crippen LogP contribution in [-0.4, -0.2) is 55.5 Å². The van der Waals surface area contributed by atoms with E-state index in [0.29, 0.717) is 0 Å². The molecule has 101 valence electrons. The summed E-state index contributed by atoms with van der Waals surface area (Å²) in [5.41, 5.74) is 0. The Labute approximate surface area is 112 Å². The standard InChI is InChI=1S/C14H32N2Si/c1-16(2,3)13-9-7-5-4-6-8-11-15-12-10-14-17/h15H,4-14H2,1-3H3/q+1. The molecule has 0 aromatic rings. The summed E-state index contributed by atoms with van der Waals surface area (Å²) in [6.45, 7) is 3.67. The van der Waals surface area contributed by atoms with Crippen molar-refractivity contribution in [2.24, 2.45) is 0 Å². The number of hydrogen-bond acceptors (Lipinski definition) is 1. The van der Waals surface area contributed by atoms with Gasteiger partial charge in [0.25, 0.3) is 0 Å². The highest BCUT2D eigenvalue weighted by Crippen LogP contribution is 2.06. The normalized spacial score (nSPS) is 12.0. The fraction of sp³-hybridized carbons (Fsp3) is 1.00. The second-order valence-electron chi connectivity index (χ2n) is 5.99. The van der Waals surface area contributed by atoms with Gasteiger partial charge in [-0.3, -0.25) is 0 Å². The zero-order valence-corrected chi connectivity index (χ0v) is 13.2. The lowest BCUT2D eigenvalue weighted by molar-refractivity contribution is -0.870. The van der Waals surface area contributed by atoms with E-state index in [1.807, 2.05) is 0 Å². The Morgan fingerprint density at radius 2 is 1.29 bits per heavy atom. The van der Waals surface area contributed by atoms with Crippen LogP contribution >= 0.6 is 0 Å². The fourth-order valence-electron chi connectivity index (χ4n) is 1.88. The molecular weight excluding hydrogens is 224 g/mol. The predicted octanol–water partition coefficient (Wildman–Crippen LogP) is 2.60. The maximum atomic E-state index is 3.48.